The first kappa shape index (κ1) is 19.4. The van der Waals surface area contributed by atoms with E-state index in [-0.39, 0.29) is 24.5 Å². The molecule has 1 aromatic carbocycles. The predicted octanol–water partition coefficient (Wildman–Crippen LogP) is 0.840. The molecule has 0 unspecified atom stereocenters. The Morgan fingerprint density at radius 2 is 2.04 bits per heavy atom. The van der Waals surface area contributed by atoms with E-state index >= 15 is 0 Å². The third-order valence-electron chi connectivity index (χ3n) is 3.14. The number of nitro benzene ring substituents is 1. The first-order chi connectivity index (χ1) is 11.4. The number of esters is 1. The monoisotopic (exact) mass is 340 g/mol. The Balaban J connectivity index is 2.94. The Kier molecular flexibility index (Phi) is 7.63. The molecule has 1 atom stereocenters. The van der Waals surface area contributed by atoms with Gasteiger partial charge in [-0.15, -0.1) is 0 Å². The van der Waals surface area contributed by atoms with Crippen molar-refractivity contribution < 1.29 is 28.7 Å². The van der Waals surface area contributed by atoms with E-state index < -0.39 is 22.8 Å². The Hall–Kier alpha value is -2.68. The molecule has 132 valence electrons. The van der Waals surface area contributed by atoms with Crippen molar-refractivity contribution in [3.63, 3.8) is 0 Å². The molecule has 24 heavy (non-hydrogen) atoms. The van der Waals surface area contributed by atoms with Crippen molar-refractivity contribution in [2.75, 3.05) is 27.4 Å². The molecule has 1 rings (SSSR count). The number of methoxy groups -OCH3 is 2. The zero-order chi connectivity index (χ0) is 18.1. The van der Waals surface area contributed by atoms with Crippen molar-refractivity contribution in [3.8, 4) is 5.75 Å². The smallest absolute Gasteiger partial charge is 0.328 e. The lowest BCUT2D eigenvalue weighted by Gasteiger charge is -2.16. The summed E-state index contributed by atoms with van der Waals surface area (Å²) in [5.74, 6) is -1.02. The molecule has 0 aliphatic heterocycles. The summed E-state index contributed by atoms with van der Waals surface area (Å²) in [6.45, 7) is 1.91. The maximum Gasteiger partial charge on any atom is 0.328 e. The lowest BCUT2D eigenvalue weighted by Crippen LogP contribution is -2.44. The quantitative estimate of drug-likeness (QED) is 0.402. The molecule has 9 heteroatoms. The summed E-state index contributed by atoms with van der Waals surface area (Å²) < 4.78 is 14.6. The summed E-state index contributed by atoms with van der Waals surface area (Å²) in [4.78, 5) is 34.0. The summed E-state index contributed by atoms with van der Waals surface area (Å²) >= 11 is 0. The van der Waals surface area contributed by atoms with E-state index in [1.54, 1.807) is 13.0 Å². The van der Waals surface area contributed by atoms with E-state index in [1.807, 2.05) is 0 Å². The molecule has 0 saturated heterocycles. The Labute approximate surface area is 139 Å². The highest BCUT2D eigenvalue weighted by Gasteiger charge is 2.24. The number of nitro groups is 1. The maximum absolute atomic E-state index is 11.8. The summed E-state index contributed by atoms with van der Waals surface area (Å²) in [5, 5.41) is 13.5. The largest absolute Gasteiger partial charge is 0.490 e. The van der Waals surface area contributed by atoms with E-state index in [9.17, 15) is 19.7 Å². The van der Waals surface area contributed by atoms with Crippen LogP contribution in [0.15, 0.2) is 18.2 Å². The predicted molar refractivity (Wildman–Crippen MR) is 83.8 cm³/mol. The lowest BCUT2D eigenvalue weighted by molar-refractivity contribution is -0.385. The normalized spacial score (nSPS) is 11.5. The van der Waals surface area contributed by atoms with Gasteiger partial charge in [-0.05, 0) is 18.6 Å². The van der Waals surface area contributed by atoms with E-state index in [2.05, 4.69) is 10.1 Å². The van der Waals surface area contributed by atoms with Crippen LogP contribution in [0, 0.1) is 10.1 Å². The number of nitrogens with zero attached hydrogens (tertiary/aromatic N) is 1. The van der Waals surface area contributed by atoms with Crippen LogP contribution in [0.3, 0.4) is 0 Å². The van der Waals surface area contributed by atoms with Crippen LogP contribution in [0.2, 0.25) is 0 Å². The molecule has 1 N–H and O–H groups in total. The van der Waals surface area contributed by atoms with Crippen LogP contribution in [0.1, 0.15) is 12.5 Å². The topological polar surface area (TPSA) is 117 Å². The number of nitrogens with one attached hydrogen (secondary N) is 1. The molecule has 0 fully saturated rings. The van der Waals surface area contributed by atoms with Crippen molar-refractivity contribution in [2.45, 2.75) is 19.4 Å². The maximum atomic E-state index is 11.8. The fraction of sp³-hybridized carbons (Fsp3) is 0.467. The average molecular weight is 340 g/mol. The van der Waals surface area contributed by atoms with Crippen molar-refractivity contribution >= 4 is 17.6 Å². The van der Waals surface area contributed by atoms with Gasteiger partial charge in [0.2, 0.25) is 5.91 Å². The summed E-state index contributed by atoms with van der Waals surface area (Å²) in [7, 11) is 2.52. The lowest BCUT2D eigenvalue weighted by atomic mass is 10.0. The summed E-state index contributed by atoms with van der Waals surface area (Å²) in [6.07, 6.45) is 0.0371. The molecular formula is C15H20N2O7. The van der Waals surface area contributed by atoms with Gasteiger partial charge in [-0.25, -0.2) is 4.79 Å². The van der Waals surface area contributed by atoms with Gasteiger partial charge in [0.15, 0.2) is 5.75 Å². The number of amides is 1. The van der Waals surface area contributed by atoms with Crippen molar-refractivity contribution in [3.05, 3.63) is 33.9 Å². The molecule has 0 radical (unpaired) electrons. The number of carbonyl (C=O) groups excluding carboxylic acids is 2. The number of hydrogen-bond donors (Lipinski definition) is 1. The van der Waals surface area contributed by atoms with Gasteiger partial charge in [0.05, 0.1) is 19.1 Å². The molecule has 0 saturated carbocycles. The minimum Gasteiger partial charge on any atom is -0.490 e. The number of hydrogen-bond acceptors (Lipinski definition) is 7. The van der Waals surface area contributed by atoms with Gasteiger partial charge in [0.1, 0.15) is 12.6 Å². The number of carbonyl (C=O) groups is 2. The highest BCUT2D eigenvalue weighted by Crippen LogP contribution is 2.28. The van der Waals surface area contributed by atoms with E-state index in [0.717, 1.165) is 0 Å². The molecule has 1 amide bonds. The number of ether oxygens (including phenoxy) is 3. The van der Waals surface area contributed by atoms with Gasteiger partial charge in [0, 0.05) is 19.1 Å². The number of benzene rings is 1. The van der Waals surface area contributed by atoms with Gasteiger partial charge in [-0.2, -0.15) is 0 Å². The summed E-state index contributed by atoms with van der Waals surface area (Å²) in [5.41, 5.74) is 0.258. The standard InChI is InChI=1S/C15H20N2O7/c1-4-24-9-14(18)16-11(15(19)23-3)7-10-5-6-13(22-2)12(8-10)17(20)21/h5-6,8,11H,4,7,9H2,1-3H3,(H,16,18)/t11-/m0/s1. The fourth-order valence-corrected chi connectivity index (χ4v) is 2.01. The first-order valence-corrected chi connectivity index (χ1v) is 7.19. The highest BCUT2D eigenvalue weighted by molar-refractivity contribution is 5.85. The average Bonchev–Trinajstić information content (AvgIpc) is 2.58. The van der Waals surface area contributed by atoms with Crippen molar-refractivity contribution in [1.29, 1.82) is 0 Å². The van der Waals surface area contributed by atoms with Gasteiger partial charge in [0.25, 0.3) is 0 Å². The second kappa shape index (κ2) is 9.46. The molecule has 0 aliphatic carbocycles. The zero-order valence-electron chi connectivity index (χ0n) is 13.7. The molecule has 1 aromatic rings. The van der Waals surface area contributed by atoms with Crippen LogP contribution in [0.5, 0.6) is 5.75 Å². The molecule has 9 nitrogen and oxygen atoms in total. The molecular weight excluding hydrogens is 320 g/mol. The van der Waals surface area contributed by atoms with Crippen LogP contribution < -0.4 is 10.1 Å². The second-order valence-electron chi connectivity index (χ2n) is 4.75. The Morgan fingerprint density at radius 3 is 2.58 bits per heavy atom. The molecule has 0 bridgehead atoms. The van der Waals surface area contributed by atoms with Crippen LogP contribution in [-0.2, 0) is 25.5 Å². The third-order valence-corrected chi connectivity index (χ3v) is 3.14. The first-order valence-electron chi connectivity index (χ1n) is 7.19. The minimum absolute atomic E-state index is 0.0371. The molecule has 0 spiro atoms. The third kappa shape index (κ3) is 5.51. The van der Waals surface area contributed by atoms with E-state index in [4.69, 9.17) is 9.47 Å². The van der Waals surface area contributed by atoms with Gasteiger partial charge >= 0.3 is 11.7 Å². The molecule has 0 aliphatic rings. The zero-order valence-corrected chi connectivity index (χ0v) is 13.7. The van der Waals surface area contributed by atoms with Crippen LogP contribution in [-0.4, -0.2) is 50.3 Å². The van der Waals surface area contributed by atoms with Crippen LogP contribution in [0.25, 0.3) is 0 Å². The van der Waals surface area contributed by atoms with Crippen molar-refractivity contribution in [1.82, 2.24) is 5.32 Å². The van der Waals surface area contributed by atoms with Gasteiger partial charge in [-0.3, -0.25) is 14.9 Å². The minimum atomic E-state index is -0.976. The fourth-order valence-electron chi connectivity index (χ4n) is 2.01. The Bertz CT molecular complexity index is 603. The van der Waals surface area contributed by atoms with E-state index in [1.165, 1.54) is 26.4 Å². The van der Waals surface area contributed by atoms with Gasteiger partial charge < -0.3 is 19.5 Å². The van der Waals surface area contributed by atoms with Crippen LogP contribution >= 0.6 is 0 Å². The van der Waals surface area contributed by atoms with Crippen molar-refractivity contribution in [2.24, 2.45) is 0 Å². The van der Waals surface area contributed by atoms with Crippen LogP contribution in [0.4, 0.5) is 5.69 Å². The Morgan fingerprint density at radius 1 is 1.33 bits per heavy atom. The second-order valence-corrected chi connectivity index (χ2v) is 4.75. The summed E-state index contributed by atoms with van der Waals surface area (Å²) in [6, 6.07) is 3.33. The molecule has 0 aromatic heterocycles. The van der Waals surface area contributed by atoms with E-state index in [0.29, 0.717) is 12.2 Å². The number of rotatable bonds is 9. The molecule has 0 heterocycles. The highest BCUT2D eigenvalue weighted by atomic mass is 16.6. The SMILES string of the molecule is CCOCC(=O)N[C@@H](Cc1ccc(OC)c([N+](=O)[O-])c1)C(=O)OC. The van der Waals surface area contributed by atoms with Gasteiger partial charge in [-0.1, -0.05) is 6.07 Å².